The number of hydrogen-bond acceptors (Lipinski definition) is 3. The summed E-state index contributed by atoms with van der Waals surface area (Å²) in [6.07, 6.45) is 4.52. The van der Waals surface area contributed by atoms with Gasteiger partial charge in [0.15, 0.2) is 0 Å². The molecule has 3 N–H and O–H groups in total. The van der Waals surface area contributed by atoms with Crippen LogP contribution in [0.15, 0.2) is 0 Å². The molecule has 110 valence electrons. The van der Waals surface area contributed by atoms with Crippen LogP contribution < -0.4 is 11.1 Å². The zero-order chi connectivity index (χ0) is 14.0. The maximum Gasteiger partial charge on any atom is 0.234 e. The van der Waals surface area contributed by atoms with Gasteiger partial charge >= 0.3 is 0 Å². The number of carbonyl (C=O) groups excluding carboxylic acids is 1. The summed E-state index contributed by atoms with van der Waals surface area (Å²) in [4.78, 5) is 13.9. The Morgan fingerprint density at radius 2 is 2.05 bits per heavy atom. The van der Waals surface area contributed by atoms with E-state index in [1.54, 1.807) is 0 Å². The third-order valence-electron chi connectivity index (χ3n) is 4.59. The molecular weight excluding hydrogens is 238 g/mol. The second-order valence-electron chi connectivity index (χ2n) is 7.34. The van der Waals surface area contributed by atoms with Crippen LogP contribution in [0.2, 0.25) is 0 Å². The van der Waals surface area contributed by atoms with E-state index in [0.717, 1.165) is 25.4 Å². The third-order valence-corrected chi connectivity index (χ3v) is 4.59. The number of likely N-dealkylation sites (tertiary alicyclic amines) is 1. The molecule has 2 rings (SSSR count). The molecule has 2 unspecified atom stereocenters. The van der Waals surface area contributed by atoms with Gasteiger partial charge in [-0.15, -0.1) is 0 Å². The van der Waals surface area contributed by atoms with Crippen molar-refractivity contribution in [1.82, 2.24) is 10.2 Å². The smallest absolute Gasteiger partial charge is 0.234 e. The molecule has 0 radical (unpaired) electrons. The highest BCUT2D eigenvalue weighted by molar-refractivity contribution is 5.79. The quantitative estimate of drug-likeness (QED) is 0.764. The molecule has 1 heterocycles. The number of rotatable bonds is 6. The molecule has 1 amide bonds. The Kier molecular flexibility index (Phi) is 4.51. The number of nitrogens with zero attached hydrogens (tertiary/aromatic N) is 1. The van der Waals surface area contributed by atoms with Gasteiger partial charge in [0, 0.05) is 19.1 Å². The van der Waals surface area contributed by atoms with E-state index < -0.39 is 0 Å². The van der Waals surface area contributed by atoms with Crippen molar-refractivity contribution in [1.29, 1.82) is 0 Å². The molecule has 1 aliphatic carbocycles. The molecule has 0 aromatic carbocycles. The Morgan fingerprint density at radius 1 is 1.37 bits per heavy atom. The highest BCUT2D eigenvalue weighted by atomic mass is 16.1. The average Bonchev–Trinajstić information content (AvgIpc) is 2.97. The van der Waals surface area contributed by atoms with Crippen LogP contribution in [-0.4, -0.2) is 42.5 Å². The summed E-state index contributed by atoms with van der Waals surface area (Å²) in [5.41, 5.74) is 5.87. The van der Waals surface area contributed by atoms with Crippen LogP contribution in [0.5, 0.6) is 0 Å². The summed E-state index contributed by atoms with van der Waals surface area (Å²) in [5.74, 6) is 0.578. The van der Waals surface area contributed by atoms with Crippen molar-refractivity contribution in [3.63, 3.8) is 0 Å². The van der Waals surface area contributed by atoms with Gasteiger partial charge in [-0.3, -0.25) is 4.79 Å². The van der Waals surface area contributed by atoms with Gasteiger partial charge in [0.25, 0.3) is 0 Å². The lowest BCUT2D eigenvalue weighted by molar-refractivity contribution is -0.120. The summed E-state index contributed by atoms with van der Waals surface area (Å²) < 4.78 is 0. The summed E-state index contributed by atoms with van der Waals surface area (Å²) in [6, 6.07) is 0.402. The van der Waals surface area contributed by atoms with Crippen molar-refractivity contribution in [2.24, 2.45) is 17.1 Å². The van der Waals surface area contributed by atoms with Gasteiger partial charge in [-0.25, -0.2) is 0 Å². The average molecular weight is 267 g/mol. The van der Waals surface area contributed by atoms with Gasteiger partial charge in [0.05, 0.1) is 6.04 Å². The summed E-state index contributed by atoms with van der Waals surface area (Å²) in [5, 5.41) is 3.35. The lowest BCUT2D eigenvalue weighted by Crippen LogP contribution is -2.44. The molecular formula is C15H29N3O. The molecule has 2 atom stereocenters. The van der Waals surface area contributed by atoms with Crippen LogP contribution in [0.4, 0.5) is 0 Å². The van der Waals surface area contributed by atoms with Crippen LogP contribution in [0.1, 0.15) is 46.5 Å². The third kappa shape index (κ3) is 4.46. The van der Waals surface area contributed by atoms with Crippen LogP contribution >= 0.6 is 0 Å². The van der Waals surface area contributed by atoms with Crippen molar-refractivity contribution in [2.75, 3.05) is 19.6 Å². The molecule has 0 bridgehead atoms. The van der Waals surface area contributed by atoms with Crippen LogP contribution in [0, 0.1) is 11.3 Å². The number of nitrogens with one attached hydrogen (secondary N) is 1. The predicted molar refractivity (Wildman–Crippen MR) is 77.8 cm³/mol. The van der Waals surface area contributed by atoms with E-state index in [2.05, 4.69) is 31.0 Å². The van der Waals surface area contributed by atoms with E-state index in [9.17, 15) is 4.79 Å². The van der Waals surface area contributed by atoms with Crippen LogP contribution in [0.25, 0.3) is 0 Å². The summed E-state index contributed by atoms with van der Waals surface area (Å²) in [7, 11) is 0. The SMILES string of the molecule is CC(C)(C)C1CCN(CCC(NC2CC2)C(N)=O)C1. The zero-order valence-electron chi connectivity index (χ0n) is 12.6. The van der Waals surface area contributed by atoms with Crippen LogP contribution in [0.3, 0.4) is 0 Å². The number of primary amides is 1. The van der Waals surface area contributed by atoms with Gasteiger partial charge in [0.1, 0.15) is 0 Å². The minimum atomic E-state index is -0.196. The molecule has 0 aromatic heterocycles. The number of nitrogens with two attached hydrogens (primary N) is 1. The highest BCUT2D eigenvalue weighted by Crippen LogP contribution is 2.33. The van der Waals surface area contributed by atoms with Gasteiger partial charge in [-0.1, -0.05) is 20.8 Å². The Hall–Kier alpha value is -0.610. The van der Waals surface area contributed by atoms with Gasteiger partial charge < -0.3 is 16.0 Å². The van der Waals surface area contributed by atoms with E-state index >= 15 is 0 Å². The van der Waals surface area contributed by atoms with Crippen LogP contribution in [-0.2, 0) is 4.79 Å². The molecule has 1 saturated carbocycles. The Morgan fingerprint density at radius 3 is 2.53 bits per heavy atom. The summed E-state index contributed by atoms with van der Waals surface area (Å²) >= 11 is 0. The van der Waals surface area contributed by atoms with Crippen molar-refractivity contribution in [3.05, 3.63) is 0 Å². The first-order valence-electron chi connectivity index (χ1n) is 7.64. The van der Waals surface area contributed by atoms with E-state index in [0.29, 0.717) is 11.5 Å². The normalized spacial score (nSPS) is 26.6. The van der Waals surface area contributed by atoms with E-state index in [1.807, 2.05) is 0 Å². The fraction of sp³-hybridized carbons (Fsp3) is 0.933. The number of hydrogen-bond donors (Lipinski definition) is 2. The van der Waals surface area contributed by atoms with E-state index in [1.165, 1.54) is 25.8 Å². The predicted octanol–water partition coefficient (Wildman–Crippen LogP) is 1.35. The molecule has 0 aromatic rings. The van der Waals surface area contributed by atoms with Crippen molar-refractivity contribution in [2.45, 2.75) is 58.5 Å². The van der Waals surface area contributed by atoms with Crippen molar-refractivity contribution in [3.8, 4) is 0 Å². The Balaban J connectivity index is 1.73. The van der Waals surface area contributed by atoms with Gasteiger partial charge in [0.2, 0.25) is 5.91 Å². The minimum Gasteiger partial charge on any atom is -0.368 e. The van der Waals surface area contributed by atoms with Crippen molar-refractivity contribution < 1.29 is 4.79 Å². The highest BCUT2D eigenvalue weighted by Gasteiger charge is 2.32. The fourth-order valence-electron chi connectivity index (χ4n) is 2.90. The molecule has 1 saturated heterocycles. The molecule has 0 spiro atoms. The maximum absolute atomic E-state index is 11.4. The zero-order valence-corrected chi connectivity index (χ0v) is 12.6. The van der Waals surface area contributed by atoms with Gasteiger partial charge in [-0.2, -0.15) is 0 Å². The Labute approximate surface area is 117 Å². The first kappa shape index (κ1) is 14.8. The molecule has 2 aliphatic rings. The van der Waals surface area contributed by atoms with Crippen molar-refractivity contribution >= 4 is 5.91 Å². The molecule has 19 heavy (non-hydrogen) atoms. The first-order chi connectivity index (χ1) is 8.86. The minimum absolute atomic E-state index is 0.138. The second kappa shape index (κ2) is 5.80. The van der Waals surface area contributed by atoms with E-state index in [4.69, 9.17) is 5.73 Å². The molecule has 2 fully saturated rings. The largest absolute Gasteiger partial charge is 0.368 e. The molecule has 1 aliphatic heterocycles. The standard InChI is InChI=1S/C15H29N3O/c1-15(2,3)11-6-8-18(10-11)9-7-13(14(16)19)17-12-4-5-12/h11-13,17H,4-10H2,1-3H3,(H2,16,19). The van der Waals surface area contributed by atoms with Gasteiger partial charge in [-0.05, 0) is 43.6 Å². The molecule has 4 heteroatoms. The number of amides is 1. The lowest BCUT2D eigenvalue weighted by Gasteiger charge is -2.27. The monoisotopic (exact) mass is 267 g/mol. The summed E-state index contributed by atoms with van der Waals surface area (Å²) in [6.45, 7) is 10.3. The maximum atomic E-state index is 11.4. The topological polar surface area (TPSA) is 58.4 Å². The molecule has 4 nitrogen and oxygen atoms in total. The Bertz CT molecular complexity index is 320. The first-order valence-corrected chi connectivity index (χ1v) is 7.64. The second-order valence-corrected chi connectivity index (χ2v) is 7.34. The van der Waals surface area contributed by atoms with E-state index in [-0.39, 0.29) is 11.9 Å². The lowest BCUT2D eigenvalue weighted by atomic mass is 9.80. The number of carbonyl (C=O) groups is 1. The fourth-order valence-corrected chi connectivity index (χ4v) is 2.90.